The van der Waals surface area contributed by atoms with Gasteiger partial charge in [0.15, 0.2) is 0 Å². The third-order valence-corrected chi connectivity index (χ3v) is 4.20. The number of nitrogens with one attached hydrogen (secondary N) is 1. The SMILES string of the molecule is Cc1cc(Nc2c(Cl)cc(F)cc2Br)c(Br)cc1N. The van der Waals surface area contributed by atoms with E-state index in [-0.39, 0.29) is 0 Å². The van der Waals surface area contributed by atoms with Crippen molar-refractivity contribution in [2.75, 3.05) is 11.1 Å². The van der Waals surface area contributed by atoms with Gasteiger partial charge in [0, 0.05) is 14.6 Å². The molecule has 0 aliphatic carbocycles. The number of anilines is 3. The molecule has 0 saturated carbocycles. The minimum absolute atomic E-state index is 0.299. The van der Waals surface area contributed by atoms with Gasteiger partial charge in [-0.05, 0) is 68.6 Å². The van der Waals surface area contributed by atoms with Crippen LogP contribution in [0.2, 0.25) is 5.02 Å². The van der Waals surface area contributed by atoms with E-state index in [0.29, 0.717) is 20.9 Å². The quantitative estimate of drug-likeness (QED) is 0.631. The van der Waals surface area contributed by atoms with Gasteiger partial charge in [0.1, 0.15) is 5.82 Å². The third kappa shape index (κ3) is 3.22. The molecule has 100 valence electrons. The zero-order chi connectivity index (χ0) is 14.2. The van der Waals surface area contributed by atoms with Crippen LogP contribution in [0.25, 0.3) is 0 Å². The normalized spacial score (nSPS) is 10.6. The van der Waals surface area contributed by atoms with Crippen molar-refractivity contribution < 1.29 is 4.39 Å². The first-order chi connectivity index (χ1) is 8.88. The second-order valence-electron chi connectivity index (χ2n) is 4.06. The van der Waals surface area contributed by atoms with E-state index in [9.17, 15) is 4.39 Å². The molecule has 0 radical (unpaired) electrons. The second-order valence-corrected chi connectivity index (χ2v) is 6.17. The number of halogens is 4. The molecule has 0 aliphatic rings. The molecule has 3 N–H and O–H groups in total. The summed E-state index contributed by atoms with van der Waals surface area (Å²) in [4.78, 5) is 0. The zero-order valence-electron chi connectivity index (χ0n) is 9.90. The topological polar surface area (TPSA) is 38.0 Å². The highest BCUT2D eigenvalue weighted by molar-refractivity contribution is 9.11. The maximum absolute atomic E-state index is 13.2. The number of hydrogen-bond acceptors (Lipinski definition) is 2. The van der Waals surface area contributed by atoms with Crippen LogP contribution in [0.4, 0.5) is 21.5 Å². The number of nitrogen functional groups attached to an aromatic ring is 1. The average molecular weight is 408 g/mol. The van der Waals surface area contributed by atoms with Crippen LogP contribution >= 0.6 is 43.5 Å². The first-order valence-corrected chi connectivity index (χ1v) is 7.32. The molecule has 0 bridgehead atoms. The Hall–Kier alpha value is -0.780. The molecule has 0 amide bonds. The number of hydrogen-bond donors (Lipinski definition) is 2. The molecular formula is C13H10Br2ClFN2. The van der Waals surface area contributed by atoms with Crippen molar-refractivity contribution in [3.63, 3.8) is 0 Å². The molecule has 0 spiro atoms. The summed E-state index contributed by atoms with van der Waals surface area (Å²) < 4.78 is 14.5. The van der Waals surface area contributed by atoms with Gasteiger partial charge in [-0.15, -0.1) is 0 Å². The molecule has 2 nitrogen and oxygen atoms in total. The highest BCUT2D eigenvalue weighted by Gasteiger charge is 2.11. The van der Waals surface area contributed by atoms with Gasteiger partial charge in [0.25, 0.3) is 0 Å². The Morgan fingerprint density at radius 1 is 1.16 bits per heavy atom. The van der Waals surface area contributed by atoms with Gasteiger partial charge in [0.05, 0.1) is 16.4 Å². The van der Waals surface area contributed by atoms with Crippen molar-refractivity contribution in [2.45, 2.75) is 6.92 Å². The Morgan fingerprint density at radius 2 is 1.84 bits per heavy atom. The van der Waals surface area contributed by atoms with E-state index < -0.39 is 5.82 Å². The van der Waals surface area contributed by atoms with E-state index in [1.165, 1.54) is 12.1 Å². The smallest absolute Gasteiger partial charge is 0.125 e. The molecule has 0 atom stereocenters. The molecule has 2 rings (SSSR count). The van der Waals surface area contributed by atoms with Gasteiger partial charge in [0.2, 0.25) is 0 Å². The van der Waals surface area contributed by atoms with Gasteiger partial charge < -0.3 is 11.1 Å². The monoisotopic (exact) mass is 406 g/mol. The molecule has 0 aromatic heterocycles. The van der Waals surface area contributed by atoms with Gasteiger partial charge in [-0.3, -0.25) is 0 Å². The van der Waals surface area contributed by atoms with Crippen molar-refractivity contribution in [3.8, 4) is 0 Å². The molecular weight excluding hydrogens is 398 g/mol. The maximum Gasteiger partial charge on any atom is 0.125 e. The van der Waals surface area contributed by atoms with E-state index >= 15 is 0 Å². The summed E-state index contributed by atoms with van der Waals surface area (Å²) >= 11 is 12.7. The summed E-state index contributed by atoms with van der Waals surface area (Å²) in [6, 6.07) is 6.31. The number of nitrogens with two attached hydrogens (primary N) is 1. The molecule has 19 heavy (non-hydrogen) atoms. The minimum Gasteiger partial charge on any atom is -0.398 e. The lowest BCUT2D eigenvalue weighted by Gasteiger charge is -2.14. The molecule has 0 saturated heterocycles. The molecule has 2 aromatic rings. The lowest BCUT2D eigenvalue weighted by molar-refractivity contribution is 0.627. The Morgan fingerprint density at radius 3 is 2.47 bits per heavy atom. The summed E-state index contributed by atoms with van der Waals surface area (Å²) in [5.74, 6) is -0.394. The lowest BCUT2D eigenvalue weighted by atomic mass is 10.2. The number of aryl methyl sites for hydroxylation is 1. The highest BCUT2D eigenvalue weighted by atomic mass is 79.9. The van der Waals surface area contributed by atoms with E-state index in [0.717, 1.165) is 15.7 Å². The van der Waals surface area contributed by atoms with Gasteiger partial charge in [-0.1, -0.05) is 11.6 Å². The summed E-state index contributed by atoms with van der Waals surface area (Å²) in [5, 5.41) is 3.46. The Labute approximate surface area is 132 Å². The number of rotatable bonds is 2. The summed E-state index contributed by atoms with van der Waals surface area (Å²) in [5.41, 5.74) is 8.87. The Kier molecular flexibility index (Phi) is 4.38. The van der Waals surface area contributed by atoms with Crippen LogP contribution < -0.4 is 11.1 Å². The summed E-state index contributed by atoms with van der Waals surface area (Å²) in [6.45, 7) is 1.91. The Balaban J connectivity index is 2.45. The van der Waals surface area contributed by atoms with Gasteiger partial charge in [-0.25, -0.2) is 4.39 Å². The van der Waals surface area contributed by atoms with Gasteiger partial charge in [-0.2, -0.15) is 0 Å². The fourth-order valence-electron chi connectivity index (χ4n) is 1.59. The average Bonchev–Trinajstić information content (AvgIpc) is 2.29. The van der Waals surface area contributed by atoms with Crippen molar-refractivity contribution in [1.29, 1.82) is 0 Å². The van der Waals surface area contributed by atoms with Crippen molar-refractivity contribution >= 4 is 60.5 Å². The maximum atomic E-state index is 13.2. The van der Waals surface area contributed by atoms with Crippen LogP contribution in [-0.4, -0.2) is 0 Å². The molecule has 0 aliphatic heterocycles. The molecule has 0 fully saturated rings. The predicted molar refractivity (Wildman–Crippen MR) is 85.7 cm³/mol. The van der Waals surface area contributed by atoms with Crippen LogP contribution in [-0.2, 0) is 0 Å². The minimum atomic E-state index is -0.394. The Bertz CT molecular complexity index is 624. The molecule has 0 unspecified atom stereocenters. The predicted octanol–water partition coefficient (Wildman–Crippen LogP) is 5.64. The van der Waals surface area contributed by atoms with E-state index in [1.54, 1.807) is 0 Å². The summed E-state index contributed by atoms with van der Waals surface area (Å²) in [7, 11) is 0. The second kappa shape index (κ2) is 5.69. The first kappa shape index (κ1) is 14.6. The lowest BCUT2D eigenvalue weighted by Crippen LogP contribution is -1.97. The fourth-order valence-corrected chi connectivity index (χ4v) is 2.95. The largest absolute Gasteiger partial charge is 0.398 e. The molecule has 0 heterocycles. The van der Waals surface area contributed by atoms with Gasteiger partial charge >= 0.3 is 0 Å². The standard InChI is InChI=1S/C13H10Br2ClFN2/c1-6-2-12(8(14)5-11(6)18)19-13-9(15)3-7(17)4-10(13)16/h2-5,19H,18H2,1H3. The van der Waals surface area contributed by atoms with E-state index in [2.05, 4.69) is 37.2 Å². The molecule has 2 aromatic carbocycles. The van der Waals surface area contributed by atoms with Crippen LogP contribution in [0.15, 0.2) is 33.2 Å². The highest BCUT2D eigenvalue weighted by Crippen LogP contribution is 2.37. The van der Waals surface area contributed by atoms with Crippen LogP contribution in [0.3, 0.4) is 0 Å². The van der Waals surface area contributed by atoms with Crippen LogP contribution in [0.1, 0.15) is 5.56 Å². The zero-order valence-corrected chi connectivity index (χ0v) is 13.8. The summed E-state index contributed by atoms with van der Waals surface area (Å²) in [6.07, 6.45) is 0. The van der Waals surface area contributed by atoms with Crippen molar-refractivity contribution in [2.24, 2.45) is 0 Å². The molecule has 6 heteroatoms. The van der Waals surface area contributed by atoms with Crippen molar-refractivity contribution in [3.05, 3.63) is 49.6 Å². The fraction of sp³-hybridized carbons (Fsp3) is 0.0769. The van der Waals surface area contributed by atoms with E-state index in [4.69, 9.17) is 17.3 Å². The van der Waals surface area contributed by atoms with Crippen molar-refractivity contribution in [1.82, 2.24) is 0 Å². The first-order valence-electron chi connectivity index (χ1n) is 5.35. The van der Waals surface area contributed by atoms with Crippen LogP contribution in [0.5, 0.6) is 0 Å². The van der Waals surface area contributed by atoms with E-state index in [1.807, 2.05) is 19.1 Å². The third-order valence-electron chi connectivity index (χ3n) is 2.62. The number of benzene rings is 2. The van der Waals surface area contributed by atoms with Crippen LogP contribution in [0, 0.1) is 12.7 Å².